The summed E-state index contributed by atoms with van der Waals surface area (Å²) in [5, 5.41) is 1.15. The summed E-state index contributed by atoms with van der Waals surface area (Å²) in [6.45, 7) is 4.59. The number of nitrogens with zero attached hydrogens (tertiary/aromatic N) is 1. The van der Waals surface area contributed by atoms with Crippen LogP contribution in [0.2, 0.25) is 0 Å². The van der Waals surface area contributed by atoms with E-state index in [9.17, 15) is 0 Å². The molecule has 0 radical (unpaired) electrons. The van der Waals surface area contributed by atoms with E-state index in [0.29, 0.717) is 0 Å². The highest BCUT2D eigenvalue weighted by Gasteiger charge is 2.33. The lowest BCUT2D eigenvalue weighted by Crippen LogP contribution is -2.12. The van der Waals surface area contributed by atoms with Crippen LogP contribution in [0.15, 0.2) is 28.7 Å². The van der Waals surface area contributed by atoms with Crippen LogP contribution in [0.25, 0.3) is 10.6 Å². The summed E-state index contributed by atoms with van der Waals surface area (Å²) in [5.74, 6) is 0. The van der Waals surface area contributed by atoms with Gasteiger partial charge in [-0.05, 0) is 18.9 Å². The van der Waals surface area contributed by atoms with Crippen LogP contribution in [0.4, 0.5) is 0 Å². The van der Waals surface area contributed by atoms with Gasteiger partial charge in [-0.25, -0.2) is 4.98 Å². The summed E-state index contributed by atoms with van der Waals surface area (Å²) >= 11 is 5.45. The molecule has 0 saturated heterocycles. The van der Waals surface area contributed by atoms with Crippen LogP contribution in [-0.2, 0) is 11.8 Å². The highest BCUT2D eigenvalue weighted by atomic mass is 79.9. The van der Waals surface area contributed by atoms with E-state index in [4.69, 9.17) is 4.98 Å². The Labute approximate surface area is 114 Å². The molecule has 1 aliphatic rings. The molecule has 0 atom stereocenters. The van der Waals surface area contributed by atoms with E-state index in [1.807, 2.05) is 17.4 Å². The molecule has 0 saturated carbocycles. The van der Waals surface area contributed by atoms with Gasteiger partial charge in [0, 0.05) is 20.3 Å². The zero-order valence-electron chi connectivity index (χ0n) is 9.96. The van der Waals surface area contributed by atoms with Crippen LogP contribution in [0.1, 0.15) is 30.8 Å². The number of aromatic nitrogens is 1. The Morgan fingerprint density at radius 1 is 1.29 bits per heavy atom. The smallest absolute Gasteiger partial charge is 0.125 e. The predicted molar refractivity (Wildman–Crippen MR) is 76.6 cm³/mol. The summed E-state index contributed by atoms with van der Waals surface area (Å²) in [7, 11) is 0. The van der Waals surface area contributed by atoms with E-state index < -0.39 is 0 Å². The average molecular weight is 308 g/mol. The van der Waals surface area contributed by atoms with Gasteiger partial charge < -0.3 is 0 Å². The van der Waals surface area contributed by atoms with Crippen molar-refractivity contribution in [1.29, 1.82) is 0 Å². The Balaban J connectivity index is 2.11. The maximum absolute atomic E-state index is 4.86. The number of hydrogen-bond donors (Lipinski definition) is 0. The summed E-state index contributed by atoms with van der Waals surface area (Å²) in [4.78, 5) is 6.34. The molecule has 1 nitrogen and oxygen atoms in total. The van der Waals surface area contributed by atoms with E-state index >= 15 is 0 Å². The molecule has 1 aromatic heterocycles. The summed E-state index contributed by atoms with van der Waals surface area (Å²) < 4.78 is 1.13. The Kier molecular flexibility index (Phi) is 2.64. The minimum atomic E-state index is 0.255. The highest BCUT2D eigenvalue weighted by Crippen LogP contribution is 2.43. The van der Waals surface area contributed by atoms with Crippen molar-refractivity contribution in [1.82, 2.24) is 4.98 Å². The van der Waals surface area contributed by atoms with E-state index in [2.05, 4.69) is 48.0 Å². The number of hydrogen-bond acceptors (Lipinski definition) is 2. The quantitative estimate of drug-likeness (QED) is 0.737. The van der Waals surface area contributed by atoms with Gasteiger partial charge in [-0.2, -0.15) is 0 Å². The first kappa shape index (κ1) is 11.4. The fourth-order valence-electron chi connectivity index (χ4n) is 2.34. The number of rotatable bonds is 1. The van der Waals surface area contributed by atoms with E-state index in [0.717, 1.165) is 9.48 Å². The van der Waals surface area contributed by atoms with Gasteiger partial charge in [0.15, 0.2) is 0 Å². The minimum absolute atomic E-state index is 0.255. The van der Waals surface area contributed by atoms with Crippen molar-refractivity contribution >= 4 is 27.3 Å². The lowest BCUT2D eigenvalue weighted by molar-refractivity contribution is 0.510. The third-order valence-electron chi connectivity index (χ3n) is 3.42. The fraction of sp³-hybridized carbons (Fsp3) is 0.357. The second kappa shape index (κ2) is 3.92. The van der Waals surface area contributed by atoms with Crippen molar-refractivity contribution in [2.45, 2.75) is 32.1 Å². The van der Waals surface area contributed by atoms with Crippen LogP contribution < -0.4 is 0 Å². The molecule has 0 amide bonds. The van der Waals surface area contributed by atoms with Crippen LogP contribution >= 0.6 is 27.3 Å². The van der Waals surface area contributed by atoms with Gasteiger partial charge in [0.05, 0.1) is 5.69 Å². The average Bonchev–Trinajstić information content (AvgIpc) is 2.81. The van der Waals surface area contributed by atoms with Crippen LogP contribution in [0.3, 0.4) is 0 Å². The van der Waals surface area contributed by atoms with Crippen LogP contribution in [0.5, 0.6) is 0 Å². The standard InChI is InChI=1S/C14H14BrNS/c1-14(2)8-7-11-12(14)16-13(17-11)9-5-3-4-6-10(9)15/h3-6H,7-8H2,1-2H3. The second-order valence-corrected chi connectivity index (χ2v) is 7.09. The molecule has 3 heteroatoms. The minimum Gasteiger partial charge on any atom is -0.240 e. The summed E-state index contributed by atoms with van der Waals surface area (Å²) in [5.41, 5.74) is 2.78. The van der Waals surface area contributed by atoms with Crippen LogP contribution in [-0.4, -0.2) is 4.98 Å². The molecule has 2 aromatic rings. The Bertz CT molecular complexity index is 571. The van der Waals surface area contributed by atoms with Crippen molar-refractivity contribution in [3.8, 4) is 10.6 Å². The van der Waals surface area contributed by atoms with E-state index in [1.54, 1.807) is 0 Å². The van der Waals surface area contributed by atoms with Gasteiger partial charge in [-0.1, -0.05) is 48.0 Å². The molecule has 88 valence electrons. The van der Waals surface area contributed by atoms with Gasteiger partial charge in [0.2, 0.25) is 0 Å². The molecular weight excluding hydrogens is 294 g/mol. The SMILES string of the molecule is CC1(C)CCc2sc(-c3ccccc3Br)nc21. The Morgan fingerprint density at radius 2 is 2.06 bits per heavy atom. The van der Waals surface area contributed by atoms with Gasteiger partial charge >= 0.3 is 0 Å². The first-order valence-electron chi connectivity index (χ1n) is 5.83. The van der Waals surface area contributed by atoms with Crippen molar-refractivity contribution in [3.05, 3.63) is 39.3 Å². The predicted octanol–water partition coefficient (Wildman–Crippen LogP) is 4.80. The maximum Gasteiger partial charge on any atom is 0.125 e. The van der Waals surface area contributed by atoms with Crippen molar-refractivity contribution in [3.63, 3.8) is 0 Å². The molecule has 1 aromatic carbocycles. The number of aryl methyl sites for hydroxylation is 1. The molecule has 0 spiro atoms. The van der Waals surface area contributed by atoms with Crippen molar-refractivity contribution in [2.24, 2.45) is 0 Å². The first-order chi connectivity index (χ1) is 8.08. The molecule has 3 rings (SSSR count). The van der Waals surface area contributed by atoms with Crippen molar-refractivity contribution in [2.75, 3.05) is 0 Å². The molecule has 0 aliphatic heterocycles. The second-order valence-electron chi connectivity index (χ2n) is 5.15. The number of fused-ring (bicyclic) bond motifs is 1. The molecule has 1 aliphatic carbocycles. The summed E-state index contributed by atoms with van der Waals surface area (Å²) in [6, 6.07) is 8.31. The molecule has 0 fully saturated rings. The zero-order chi connectivity index (χ0) is 12.0. The molecule has 17 heavy (non-hydrogen) atoms. The van der Waals surface area contributed by atoms with E-state index in [-0.39, 0.29) is 5.41 Å². The largest absolute Gasteiger partial charge is 0.240 e. The van der Waals surface area contributed by atoms with Gasteiger partial charge in [0.25, 0.3) is 0 Å². The lowest BCUT2D eigenvalue weighted by Gasteiger charge is -2.15. The molecular formula is C14H14BrNS. The summed E-state index contributed by atoms with van der Waals surface area (Å²) in [6.07, 6.45) is 2.42. The number of halogens is 1. The van der Waals surface area contributed by atoms with Gasteiger partial charge in [0.1, 0.15) is 5.01 Å². The maximum atomic E-state index is 4.86. The molecule has 0 unspecified atom stereocenters. The number of benzene rings is 1. The van der Waals surface area contributed by atoms with Crippen molar-refractivity contribution < 1.29 is 0 Å². The van der Waals surface area contributed by atoms with Crippen LogP contribution in [0, 0.1) is 0 Å². The molecule has 0 bridgehead atoms. The normalized spacial score (nSPS) is 17.1. The third-order valence-corrected chi connectivity index (χ3v) is 5.26. The topological polar surface area (TPSA) is 12.9 Å². The Morgan fingerprint density at radius 3 is 2.76 bits per heavy atom. The van der Waals surface area contributed by atoms with E-state index in [1.165, 1.54) is 29.0 Å². The van der Waals surface area contributed by atoms with Gasteiger partial charge in [-0.15, -0.1) is 11.3 Å². The molecule has 0 N–H and O–H groups in total. The zero-order valence-corrected chi connectivity index (χ0v) is 12.4. The number of thiazole rings is 1. The Hall–Kier alpha value is -0.670. The monoisotopic (exact) mass is 307 g/mol. The lowest BCUT2D eigenvalue weighted by atomic mass is 9.91. The van der Waals surface area contributed by atoms with Gasteiger partial charge in [-0.3, -0.25) is 0 Å². The highest BCUT2D eigenvalue weighted by molar-refractivity contribution is 9.10. The third kappa shape index (κ3) is 1.85. The fourth-order valence-corrected chi connectivity index (χ4v) is 4.23. The first-order valence-corrected chi connectivity index (χ1v) is 7.44. The molecule has 1 heterocycles.